The number of hydrogen-bond acceptors (Lipinski definition) is 4. The Morgan fingerprint density at radius 2 is 2.00 bits per heavy atom. The van der Waals surface area contributed by atoms with Crippen LogP contribution in [-0.4, -0.2) is 24.6 Å². The van der Waals surface area contributed by atoms with Crippen molar-refractivity contribution in [2.24, 2.45) is 0 Å². The van der Waals surface area contributed by atoms with Crippen molar-refractivity contribution in [1.29, 1.82) is 0 Å². The van der Waals surface area contributed by atoms with Gasteiger partial charge in [0.2, 0.25) is 6.79 Å². The Morgan fingerprint density at radius 1 is 1.21 bits per heavy atom. The molecule has 6 heteroatoms. The van der Waals surface area contributed by atoms with Gasteiger partial charge in [0.1, 0.15) is 4.88 Å². The average Bonchev–Trinajstić information content (AvgIpc) is 3.18. The zero-order valence-electron chi connectivity index (χ0n) is 12.9. The van der Waals surface area contributed by atoms with Crippen LogP contribution in [0.3, 0.4) is 0 Å². The van der Waals surface area contributed by atoms with Crippen molar-refractivity contribution in [2.75, 3.05) is 13.8 Å². The van der Waals surface area contributed by atoms with Crippen molar-refractivity contribution in [3.63, 3.8) is 0 Å². The number of hydrogen-bond donors (Lipinski definition) is 0. The molecule has 4 nitrogen and oxygen atoms in total. The molecule has 0 saturated carbocycles. The number of rotatable bonds is 3. The van der Waals surface area contributed by atoms with E-state index in [4.69, 9.17) is 21.1 Å². The van der Waals surface area contributed by atoms with Crippen molar-refractivity contribution < 1.29 is 14.3 Å². The molecular formula is C18H14ClNO3S. The van der Waals surface area contributed by atoms with Crippen molar-refractivity contribution in [1.82, 2.24) is 4.90 Å². The Hall–Kier alpha value is -2.24. The molecule has 0 saturated heterocycles. The summed E-state index contributed by atoms with van der Waals surface area (Å²) in [6.07, 6.45) is 0. The van der Waals surface area contributed by atoms with Crippen LogP contribution in [-0.2, 0) is 6.54 Å². The normalized spacial score (nSPS) is 12.6. The summed E-state index contributed by atoms with van der Waals surface area (Å²) in [4.78, 5) is 15.0. The van der Waals surface area contributed by atoms with Crippen LogP contribution in [0.5, 0.6) is 11.5 Å². The molecule has 2 aromatic carbocycles. The second-order valence-corrected chi connectivity index (χ2v) is 7.02. The largest absolute Gasteiger partial charge is 0.454 e. The molecule has 0 bridgehead atoms. The van der Waals surface area contributed by atoms with Gasteiger partial charge in [0.15, 0.2) is 11.5 Å². The van der Waals surface area contributed by atoms with Crippen molar-refractivity contribution in [3.8, 4) is 11.5 Å². The summed E-state index contributed by atoms with van der Waals surface area (Å²) < 4.78 is 11.7. The quantitative estimate of drug-likeness (QED) is 0.688. The van der Waals surface area contributed by atoms with E-state index in [0.717, 1.165) is 21.4 Å². The third kappa shape index (κ3) is 2.60. The van der Waals surface area contributed by atoms with Crippen LogP contribution in [0, 0.1) is 0 Å². The fourth-order valence-electron chi connectivity index (χ4n) is 2.71. The Balaban J connectivity index is 1.58. The first-order chi connectivity index (χ1) is 11.6. The summed E-state index contributed by atoms with van der Waals surface area (Å²) in [6, 6.07) is 13.5. The summed E-state index contributed by atoms with van der Waals surface area (Å²) in [7, 11) is 1.77. The topological polar surface area (TPSA) is 38.8 Å². The number of halogens is 1. The zero-order chi connectivity index (χ0) is 16.7. The van der Waals surface area contributed by atoms with E-state index in [0.29, 0.717) is 22.2 Å². The Morgan fingerprint density at radius 3 is 2.83 bits per heavy atom. The lowest BCUT2D eigenvalue weighted by atomic mass is 10.2. The van der Waals surface area contributed by atoms with E-state index >= 15 is 0 Å². The molecule has 0 spiro atoms. The van der Waals surface area contributed by atoms with Gasteiger partial charge in [-0.2, -0.15) is 0 Å². The minimum absolute atomic E-state index is 0.0844. The highest BCUT2D eigenvalue weighted by Gasteiger charge is 2.21. The van der Waals surface area contributed by atoms with E-state index in [1.807, 2.05) is 42.5 Å². The van der Waals surface area contributed by atoms with Gasteiger partial charge in [-0.25, -0.2) is 0 Å². The van der Waals surface area contributed by atoms with Crippen molar-refractivity contribution in [2.45, 2.75) is 6.54 Å². The molecule has 0 radical (unpaired) electrons. The van der Waals surface area contributed by atoms with Gasteiger partial charge in [-0.05, 0) is 23.8 Å². The Bertz CT molecular complexity index is 937. The summed E-state index contributed by atoms with van der Waals surface area (Å²) in [5, 5.41) is 1.45. The van der Waals surface area contributed by atoms with Gasteiger partial charge < -0.3 is 14.4 Å². The SMILES string of the molecule is CN(Cc1ccc2c(c1)OCO2)C(=O)c1sc2ccccc2c1Cl. The first kappa shape index (κ1) is 15.3. The van der Waals surface area contributed by atoms with Crippen LogP contribution in [0.25, 0.3) is 10.1 Å². The highest BCUT2D eigenvalue weighted by atomic mass is 35.5. The molecule has 122 valence electrons. The standard InChI is InChI=1S/C18H14ClNO3S/c1-20(9-11-6-7-13-14(8-11)23-10-22-13)18(21)17-16(19)12-4-2-3-5-15(12)24-17/h2-8H,9-10H2,1H3. The van der Waals surface area contributed by atoms with Gasteiger partial charge >= 0.3 is 0 Å². The van der Waals surface area contributed by atoms with Gasteiger partial charge in [0.25, 0.3) is 5.91 Å². The average molecular weight is 360 g/mol. The van der Waals surface area contributed by atoms with E-state index in [-0.39, 0.29) is 12.7 Å². The van der Waals surface area contributed by atoms with Crippen LogP contribution in [0.15, 0.2) is 42.5 Å². The zero-order valence-corrected chi connectivity index (χ0v) is 14.5. The summed E-state index contributed by atoms with van der Waals surface area (Å²) in [6.45, 7) is 0.713. The molecule has 1 amide bonds. The highest BCUT2D eigenvalue weighted by Crippen LogP contribution is 2.36. The number of amides is 1. The Kier molecular flexibility index (Phi) is 3.82. The summed E-state index contributed by atoms with van der Waals surface area (Å²) in [5.74, 6) is 1.37. The van der Waals surface area contributed by atoms with Crippen LogP contribution >= 0.6 is 22.9 Å². The lowest BCUT2D eigenvalue weighted by molar-refractivity contribution is 0.0790. The number of carbonyl (C=O) groups is 1. The Labute approximate surface area is 148 Å². The third-order valence-corrected chi connectivity index (χ3v) is 5.60. The lowest BCUT2D eigenvalue weighted by Crippen LogP contribution is -2.25. The van der Waals surface area contributed by atoms with E-state index in [1.165, 1.54) is 11.3 Å². The van der Waals surface area contributed by atoms with Crippen molar-refractivity contribution >= 4 is 38.9 Å². The fourth-order valence-corrected chi connectivity index (χ4v) is 4.22. The van der Waals surface area contributed by atoms with Crippen LogP contribution in [0.2, 0.25) is 5.02 Å². The second-order valence-electron chi connectivity index (χ2n) is 5.59. The predicted molar refractivity (Wildman–Crippen MR) is 95.2 cm³/mol. The van der Waals surface area contributed by atoms with Gasteiger partial charge in [-0.15, -0.1) is 11.3 Å². The minimum Gasteiger partial charge on any atom is -0.454 e. The highest BCUT2D eigenvalue weighted by molar-refractivity contribution is 7.21. The molecule has 3 aromatic rings. The first-order valence-electron chi connectivity index (χ1n) is 7.44. The van der Waals surface area contributed by atoms with Gasteiger partial charge in [-0.3, -0.25) is 4.79 Å². The fraction of sp³-hybridized carbons (Fsp3) is 0.167. The molecule has 0 atom stereocenters. The second kappa shape index (κ2) is 6.00. The van der Waals surface area contributed by atoms with E-state index in [9.17, 15) is 4.79 Å². The van der Waals surface area contributed by atoms with Gasteiger partial charge in [0.05, 0.1) is 5.02 Å². The number of ether oxygens (including phenoxy) is 2. The molecule has 4 rings (SSSR count). The maximum absolute atomic E-state index is 12.8. The maximum atomic E-state index is 12.8. The van der Waals surface area contributed by atoms with E-state index in [2.05, 4.69) is 0 Å². The van der Waals surface area contributed by atoms with Crippen LogP contribution in [0.1, 0.15) is 15.2 Å². The van der Waals surface area contributed by atoms with Gasteiger partial charge in [-0.1, -0.05) is 35.9 Å². The molecule has 1 aliphatic heterocycles. The molecule has 2 heterocycles. The monoisotopic (exact) mass is 359 g/mol. The van der Waals surface area contributed by atoms with Crippen LogP contribution < -0.4 is 9.47 Å². The number of carbonyl (C=O) groups excluding carboxylic acids is 1. The van der Waals surface area contributed by atoms with Gasteiger partial charge in [0, 0.05) is 23.7 Å². The minimum atomic E-state index is -0.0844. The molecule has 0 N–H and O–H groups in total. The lowest BCUT2D eigenvalue weighted by Gasteiger charge is -2.17. The number of benzene rings is 2. The summed E-state index contributed by atoms with van der Waals surface area (Å²) >= 11 is 7.83. The molecule has 1 aromatic heterocycles. The number of nitrogens with zero attached hydrogens (tertiary/aromatic N) is 1. The predicted octanol–water partition coefficient (Wildman–Crippen LogP) is 4.56. The molecule has 1 aliphatic rings. The number of fused-ring (bicyclic) bond motifs is 2. The van der Waals surface area contributed by atoms with E-state index in [1.54, 1.807) is 11.9 Å². The molecule has 0 unspecified atom stereocenters. The van der Waals surface area contributed by atoms with Crippen molar-refractivity contribution in [3.05, 3.63) is 57.9 Å². The summed E-state index contributed by atoms with van der Waals surface area (Å²) in [5.41, 5.74) is 0.979. The molecule has 0 fully saturated rings. The maximum Gasteiger partial charge on any atom is 0.265 e. The molecule has 24 heavy (non-hydrogen) atoms. The smallest absolute Gasteiger partial charge is 0.265 e. The number of thiophene rings is 1. The van der Waals surface area contributed by atoms with E-state index < -0.39 is 0 Å². The molecular weight excluding hydrogens is 346 g/mol. The van der Waals surface area contributed by atoms with Crippen LogP contribution in [0.4, 0.5) is 0 Å². The third-order valence-electron chi connectivity index (χ3n) is 3.93. The first-order valence-corrected chi connectivity index (χ1v) is 8.64. The molecule has 0 aliphatic carbocycles.